The number of esters is 1. The van der Waals surface area contributed by atoms with Crippen LogP contribution in [0.15, 0.2) is 36.5 Å². The van der Waals surface area contributed by atoms with Gasteiger partial charge in [0.1, 0.15) is 6.61 Å². The second-order valence-corrected chi connectivity index (χ2v) is 5.32. The molecular weight excluding hydrogens is 310 g/mol. The Hall–Kier alpha value is -2.67. The van der Waals surface area contributed by atoms with Gasteiger partial charge in [-0.05, 0) is 12.5 Å². The number of aryl methyl sites for hydroxylation is 1. The van der Waals surface area contributed by atoms with E-state index in [2.05, 4.69) is 5.10 Å². The van der Waals surface area contributed by atoms with Crippen LogP contribution in [0.3, 0.4) is 0 Å². The summed E-state index contributed by atoms with van der Waals surface area (Å²) in [6.07, 6.45) is 2.34. The third-order valence-electron chi connectivity index (χ3n) is 3.79. The summed E-state index contributed by atoms with van der Waals surface area (Å²) >= 11 is 0. The van der Waals surface area contributed by atoms with Crippen molar-refractivity contribution in [1.82, 2.24) is 14.8 Å². The molecule has 2 aromatic rings. The first-order valence-corrected chi connectivity index (χ1v) is 7.54. The van der Waals surface area contributed by atoms with E-state index in [0.717, 1.165) is 11.1 Å². The summed E-state index contributed by atoms with van der Waals surface area (Å²) < 4.78 is 6.31. The monoisotopic (exact) mass is 331 g/mol. The molecule has 1 aromatic carbocycles. The van der Waals surface area contributed by atoms with Crippen LogP contribution >= 0.6 is 0 Å². The molecule has 0 N–H and O–H groups in total. The van der Waals surface area contributed by atoms with Gasteiger partial charge in [0.25, 0.3) is 0 Å². The molecule has 0 aliphatic carbocycles. The SMILES string of the molecule is COC(=O)Cc1c(C(C)N(C=O)OCc2ccccc2)cnn1C. The topological polar surface area (TPSA) is 73.7 Å². The standard InChI is InChI=1S/C17H21N3O4/c1-13(15-10-18-19(2)16(15)9-17(22)23-3)20(12-21)24-11-14-7-5-4-6-8-14/h4-8,10,12-13H,9,11H2,1-3H3. The summed E-state index contributed by atoms with van der Waals surface area (Å²) in [6.45, 7) is 2.09. The van der Waals surface area contributed by atoms with Gasteiger partial charge in [-0.1, -0.05) is 30.3 Å². The molecule has 1 heterocycles. The van der Waals surface area contributed by atoms with Crippen molar-refractivity contribution in [1.29, 1.82) is 0 Å². The highest BCUT2D eigenvalue weighted by molar-refractivity contribution is 5.72. The van der Waals surface area contributed by atoms with Crippen molar-refractivity contribution in [3.63, 3.8) is 0 Å². The van der Waals surface area contributed by atoms with Crippen molar-refractivity contribution in [3.8, 4) is 0 Å². The molecule has 0 saturated carbocycles. The molecule has 0 fully saturated rings. The van der Waals surface area contributed by atoms with Crippen LogP contribution in [0.1, 0.15) is 29.8 Å². The van der Waals surface area contributed by atoms with E-state index in [4.69, 9.17) is 9.57 Å². The van der Waals surface area contributed by atoms with Crippen molar-refractivity contribution < 1.29 is 19.2 Å². The second kappa shape index (κ2) is 8.26. The maximum absolute atomic E-state index is 11.6. The molecule has 128 valence electrons. The Labute approximate surface area is 140 Å². The van der Waals surface area contributed by atoms with Gasteiger partial charge in [-0.3, -0.25) is 19.1 Å². The molecule has 0 aliphatic rings. The molecule has 1 unspecified atom stereocenters. The summed E-state index contributed by atoms with van der Waals surface area (Å²) in [6, 6.07) is 9.17. The largest absolute Gasteiger partial charge is 0.469 e. The Morgan fingerprint density at radius 1 is 1.38 bits per heavy atom. The molecule has 0 spiro atoms. The van der Waals surface area contributed by atoms with E-state index in [1.807, 2.05) is 37.3 Å². The lowest BCUT2D eigenvalue weighted by Gasteiger charge is -2.24. The molecule has 1 atom stereocenters. The van der Waals surface area contributed by atoms with E-state index in [0.29, 0.717) is 12.1 Å². The smallest absolute Gasteiger partial charge is 0.311 e. The number of nitrogens with zero attached hydrogens (tertiary/aromatic N) is 3. The lowest BCUT2D eigenvalue weighted by molar-refractivity contribution is -0.191. The van der Waals surface area contributed by atoms with Crippen LogP contribution < -0.4 is 0 Å². The van der Waals surface area contributed by atoms with Crippen molar-refractivity contribution in [2.24, 2.45) is 7.05 Å². The van der Waals surface area contributed by atoms with Gasteiger partial charge >= 0.3 is 5.97 Å². The predicted molar refractivity (Wildman–Crippen MR) is 86.5 cm³/mol. The van der Waals surface area contributed by atoms with Crippen LogP contribution in [0, 0.1) is 0 Å². The number of ether oxygens (including phenoxy) is 1. The number of rotatable bonds is 8. The lowest BCUT2D eigenvalue weighted by Crippen LogP contribution is -2.27. The van der Waals surface area contributed by atoms with Gasteiger partial charge in [0.2, 0.25) is 6.41 Å². The minimum absolute atomic E-state index is 0.0814. The highest BCUT2D eigenvalue weighted by atomic mass is 16.7. The van der Waals surface area contributed by atoms with E-state index in [-0.39, 0.29) is 25.0 Å². The zero-order chi connectivity index (χ0) is 17.5. The normalized spacial score (nSPS) is 11.8. The second-order valence-electron chi connectivity index (χ2n) is 5.32. The van der Waals surface area contributed by atoms with E-state index in [1.54, 1.807) is 17.9 Å². The number of hydrogen-bond acceptors (Lipinski definition) is 5. The maximum Gasteiger partial charge on any atom is 0.311 e. The molecule has 0 aliphatic heterocycles. The van der Waals surface area contributed by atoms with Crippen LogP contribution in [-0.4, -0.2) is 34.3 Å². The van der Waals surface area contributed by atoms with Gasteiger partial charge in [0, 0.05) is 12.6 Å². The molecule has 1 amide bonds. The Morgan fingerprint density at radius 2 is 2.08 bits per heavy atom. The third kappa shape index (κ3) is 4.20. The van der Waals surface area contributed by atoms with E-state index < -0.39 is 0 Å². The highest BCUT2D eigenvalue weighted by Gasteiger charge is 2.23. The molecular formula is C17H21N3O4. The van der Waals surface area contributed by atoms with Gasteiger partial charge in [-0.2, -0.15) is 5.10 Å². The summed E-state index contributed by atoms with van der Waals surface area (Å²) in [5.74, 6) is -0.366. The Morgan fingerprint density at radius 3 is 2.71 bits per heavy atom. The van der Waals surface area contributed by atoms with E-state index >= 15 is 0 Å². The van der Waals surface area contributed by atoms with E-state index in [9.17, 15) is 9.59 Å². The van der Waals surface area contributed by atoms with Crippen molar-refractivity contribution in [3.05, 3.63) is 53.3 Å². The summed E-state index contributed by atoms with van der Waals surface area (Å²) in [7, 11) is 3.08. The molecule has 2 rings (SSSR count). The molecule has 0 bridgehead atoms. The molecule has 7 nitrogen and oxygen atoms in total. The predicted octanol–water partition coefficient (Wildman–Crippen LogP) is 1.79. The Balaban J connectivity index is 2.12. The Bertz CT molecular complexity index is 684. The average molecular weight is 331 g/mol. The number of amides is 1. The summed E-state index contributed by atoms with van der Waals surface area (Å²) in [5, 5.41) is 5.40. The van der Waals surface area contributed by atoms with Gasteiger partial charge in [-0.15, -0.1) is 0 Å². The van der Waals surface area contributed by atoms with Gasteiger partial charge in [0.05, 0.1) is 31.5 Å². The molecule has 0 radical (unpaired) electrons. The molecule has 24 heavy (non-hydrogen) atoms. The van der Waals surface area contributed by atoms with Crippen molar-refractivity contribution >= 4 is 12.4 Å². The first-order chi connectivity index (χ1) is 11.6. The lowest BCUT2D eigenvalue weighted by atomic mass is 10.1. The van der Waals surface area contributed by atoms with Crippen LogP contribution in [0.4, 0.5) is 0 Å². The number of hydroxylamine groups is 2. The summed E-state index contributed by atoms with van der Waals surface area (Å²) in [5.41, 5.74) is 2.38. The number of aromatic nitrogens is 2. The molecule has 7 heteroatoms. The van der Waals surface area contributed by atoms with Crippen molar-refractivity contribution in [2.75, 3.05) is 7.11 Å². The number of hydrogen-bond donors (Lipinski definition) is 0. The number of carbonyl (C=O) groups is 2. The molecule has 1 aromatic heterocycles. The minimum Gasteiger partial charge on any atom is -0.469 e. The first kappa shape index (κ1) is 17.7. The minimum atomic E-state index is -0.389. The van der Waals surface area contributed by atoms with Crippen LogP contribution in [0.5, 0.6) is 0 Å². The first-order valence-electron chi connectivity index (χ1n) is 7.54. The van der Waals surface area contributed by atoms with Gasteiger partial charge in [0.15, 0.2) is 0 Å². The van der Waals surface area contributed by atoms with Crippen LogP contribution in [0.25, 0.3) is 0 Å². The quantitative estimate of drug-likeness (QED) is 0.419. The maximum atomic E-state index is 11.6. The third-order valence-corrected chi connectivity index (χ3v) is 3.79. The zero-order valence-corrected chi connectivity index (χ0v) is 14.0. The molecule has 0 saturated heterocycles. The van der Waals surface area contributed by atoms with Crippen LogP contribution in [0.2, 0.25) is 0 Å². The average Bonchev–Trinajstić information content (AvgIpc) is 2.96. The number of methoxy groups -OCH3 is 1. The zero-order valence-electron chi connectivity index (χ0n) is 14.0. The van der Waals surface area contributed by atoms with Crippen molar-refractivity contribution in [2.45, 2.75) is 26.0 Å². The fraction of sp³-hybridized carbons (Fsp3) is 0.353. The highest BCUT2D eigenvalue weighted by Crippen LogP contribution is 2.24. The van der Waals surface area contributed by atoms with Gasteiger partial charge < -0.3 is 4.74 Å². The fourth-order valence-corrected chi connectivity index (χ4v) is 2.35. The van der Waals surface area contributed by atoms with E-state index in [1.165, 1.54) is 12.2 Å². The number of benzene rings is 1. The Kier molecular flexibility index (Phi) is 6.08. The van der Waals surface area contributed by atoms with Gasteiger partial charge in [-0.25, -0.2) is 5.06 Å². The van der Waals surface area contributed by atoms with Crippen LogP contribution in [-0.2, 0) is 39.2 Å². The summed E-state index contributed by atoms with van der Waals surface area (Å²) in [4.78, 5) is 28.6. The fourth-order valence-electron chi connectivity index (χ4n) is 2.35. The number of carbonyl (C=O) groups excluding carboxylic acids is 2.